The molecule has 0 fully saturated rings. The summed E-state index contributed by atoms with van der Waals surface area (Å²) in [6, 6.07) is 16.5. The van der Waals surface area contributed by atoms with Gasteiger partial charge in [0.2, 0.25) is 5.91 Å². The maximum atomic E-state index is 12.6. The van der Waals surface area contributed by atoms with Crippen LogP contribution < -0.4 is 10.9 Å². The lowest BCUT2D eigenvalue weighted by Gasteiger charge is -2.21. The second-order valence-corrected chi connectivity index (χ2v) is 6.40. The Labute approximate surface area is 162 Å². The van der Waals surface area contributed by atoms with E-state index in [0.29, 0.717) is 23.9 Å². The van der Waals surface area contributed by atoms with Gasteiger partial charge in [0, 0.05) is 25.5 Å². The maximum Gasteiger partial charge on any atom is 0.274 e. The van der Waals surface area contributed by atoms with E-state index in [4.69, 9.17) is 0 Å². The van der Waals surface area contributed by atoms with Gasteiger partial charge in [-0.2, -0.15) is 5.10 Å². The van der Waals surface area contributed by atoms with E-state index in [0.717, 1.165) is 10.2 Å². The monoisotopic (exact) mass is 378 g/mol. The van der Waals surface area contributed by atoms with Crippen molar-refractivity contribution in [2.75, 3.05) is 13.1 Å². The molecular weight excluding hydrogens is 356 g/mol. The molecule has 0 bridgehead atoms. The highest BCUT2D eigenvalue weighted by atomic mass is 16.2. The average molecular weight is 378 g/mol. The smallest absolute Gasteiger partial charge is 0.274 e. The molecule has 144 valence electrons. The third-order valence-corrected chi connectivity index (χ3v) is 4.52. The number of amides is 2. The van der Waals surface area contributed by atoms with Crippen molar-refractivity contribution in [2.24, 2.45) is 7.05 Å². The molecule has 2 amide bonds. The number of carbonyl (C=O) groups excluding carboxylic acids is 2. The topological polar surface area (TPSA) is 84.3 Å². The first-order valence-electron chi connectivity index (χ1n) is 9.07. The van der Waals surface area contributed by atoms with E-state index < -0.39 is 5.91 Å². The van der Waals surface area contributed by atoms with Crippen molar-refractivity contribution in [3.8, 4) is 0 Å². The Morgan fingerprint density at radius 3 is 2.36 bits per heavy atom. The lowest BCUT2D eigenvalue weighted by Crippen LogP contribution is -2.40. The van der Waals surface area contributed by atoms with Crippen molar-refractivity contribution < 1.29 is 9.59 Å². The van der Waals surface area contributed by atoms with E-state index in [1.165, 1.54) is 7.05 Å². The summed E-state index contributed by atoms with van der Waals surface area (Å²) in [6.07, 6.45) is 0. The van der Waals surface area contributed by atoms with Crippen molar-refractivity contribution in [3.63, 3.8) is 0 Å². The van der Waals surface area contributed by atoms with Gasteiger partial charge in [-0.05, 0) is 18.6 Å². The van der Waals surface area contributed by atoms with Crippen LogP contribution in [0.25, 0.3) is 10.8 Å². The first-order chi connectivity index (χ1) is 13.5. The molecule has 1 N–H and O–H groups in total. The highest BCUT2D eigenvalue weighted by Crippen LogP contribution is 2.13. The molecule has 0 aliphatic rings. The number of carbonyl (C=O) groups is 2. The largest absolute Gasteiger partial charge is 0.342 e. The molecule has 0 saturated heterocycles. The maximum absolute atomic E-state index is 12.6. The lowest BCUT2D eigenvalue weighted by atomic mass is 10.1. The van der Waals surface area contributed by atoms with E-state index >= 15 is 0 Å². The molecule has 0 spiro atoms. The summed E-state index contributed by atoms with van der Waals surface area (Å²) >= 11 is 0. The number of fused-ring (bicyclic) bond motifs is 1. The zero-order valence-electron chi connectivity index (χ0n) is 15.9. The molecule has 1 aromatic heterocycles. The van der Waals surface area contributed by atoms with Gasteiger partial charge in [0.25, 0.3) is 11.5 Å². The van der Waals surface area contributed by atoms with Crippen LogP contribution in [0.15, 0.2) is 59.4 Å². The SMILES string of the molecule is CCN(Cc1ccccc1)C(=O)CNC(=O)c1nn(C)c(=O)c2ccccc12. The van der Waals surface area contributed by atoms with Gasteiger partial charge < -0.3 is 10.2 Å². The molecule has 7 heteroatoms. The number of aryl methyl sites for hydroxylation is 1. The van der Waals surface area contributed by atoms with Gasteiger partial charge in [-0.15, -0.1) is 0 Å². The van der Waals surface area contributed by atoms with Crippen LogP contribution in [0, 0.1) is 0 Å². The van der Waals surface area contributed by atoms with Gasteiger partial charge >= 0.3 is 0 Å². The molecule has 7 nitrogen and oxygen atoms in total. The van der Waals surface area contributed by atoms with Crippen molar-refractivity contribution in [1.29, 1.82) is 0 Å². The highest BCUT2D eigenvalue weighted by Gasteiger charge is 2.18. The fourth-order valence-electron chi connectivity index (χ4n) is 3.00. The summed E-state index contributed by atoms with van der Waals surface area (Å²) in [5, 5.41) is 7.59. The number of hydrogen-bond acceptors (Lipinski definition) is 4. The molecule has 0 aliphatic heterocycles. The van der Waals surface area contributed by atoms with Crippen LogP contribution in [-0.2, 0) is 18.4 Å². The Hall–Kier alpha value is -3.48. The van der Waals surface area contributed by atoms with E-state index in [9.17, 15) is 14.4 Å². The molecule has 2 aromatic carbocycles. The van der Waals surface area contributed by atoms with Crippen LogP contribution in [0.3, 0.4) is 0 Å². The van der Waals surface area contributed by atoms with Gasteiger partial charge in [-0.25, -0.2) is 4.68 Å². The first-order valence-corrected chi connectivity index (χ1v) is 9.07. The predicted octanol–water partition coefficient (Wildman–Crippen LogP) is 1.71. The second-order valence-electron chi connectivity index (χ2n) is 6.40. The first kappa shape index (κ1) is 19.3. The molecule has 1 heterocycles. The molecule has 0 radical (unpaired) electrons. The molecule has 0 saturated carbocycles. The highest BCUT2D eigenvalue weighted by molar-refractivity contribution is 6.05. The summed E-state index contributed by atoms with van der Waals surface area (Å²) in [4.78, 5) is 39.0. The third-order valence-electron chi connectivity index (χ3n) is 4.52. The van der Waals surface area contributed by atoms with Gasteiger partial charge in [-0.1, -0.05) is 48.5 Å². The number of likely N-dealkylation sites (N-methyl/N-ethyl adjacent to an activating group) is 1. The number of benzene rings is 2. The molecular formula is C21H22N4O3. The van der Waals surface area contributed by atoms with Crippen LogP contribution in [-0.4, -0.2) is 39.6 Å². The Balaban J connectivity index is 1.73. The normalized spacial score (nSPS) is 10.6. The number of nitrogens with one attached hydrogen (secondary N) is 1. The Morgan fingerprint density at radius 1 is 1.04 bits per heavy atom. The molecule has 3 aromatic rings. The summed E-state index contributed by atoms with van der Waals surface area (Å²) in [5.74, 6) is -0.676. The van der Waals surface area contributed by atoms with Crippen LogP contribution in [0.5, 0.6) is 0 Å². The van der Waals surface area contributed by atoms with Crippen molar-refractivity contribution in [1.82, 2.24) is 20.0 Å². The zero-order valence-corrected chi connectivity index (χ0v) is 15.9. The molecule has 0 atom stereocenters. The number of hydrogen-bond donors (Lipinski definition) is 1. The minimum Gasteiger partial charge on any atom is -0.342 e. The summed E-state index contributed by atoms with van der Waals surface area (Å²) in [7, 11) is 1.50. The molecule has 0 aliphatic carbocycles. The number of rotatable bonds is 6. The van der Waals surface area contributed by atoms with Crippen molar-refractivity contribution >= 4 is 22.6 Å². The third kappa shape index (κ3) is 4.09. The number of nitrogens with zero attached hydrogens (tertiary/aromatic N) is 3. The quantitative estimate of drug-likeness (QED) is 0.708. The van der Waals surface area contributed by atoms with Crippen LogP contribution in [0.1, 0.15) is 23.0 Å². The van der Waals surface area contributed by atoms with Crippen LogP contribution in [0.4, 0.5) is 0 Å². The van der Waals surface area contributed by atoms with Gasteiger partial charge in [0.05, 0.1) is 11.9 Å². The Bertz CT molecular complexity index is 1060. The summed E-state index contributed by atoms with van der Waals surface area (Å²) < 4.78 is 1.13. The minimum atomic E-state index is -0.490. The molecule has 0 unspecified atom stereocenters. The Kier molecular flexibility index (Phi) is 5.84. The van der Waals surface area contributed by atoms with Crippen molar-refractivity contribution in [2.45, 2.75) is 13.5 Å². The van der Waals surface area contributed by atoms with Gasteiger partial charge in [0.1, 0.15) is 0 Å². The predicted molar refractivity (Wildman–Crippen MR) is 107 cm³/mol. The van der Waals surface area contributed by atoms with Crippen LogP contribution in [0.2, 0.25) is 0 Å². The van der Waals surface area contributed by atoms with E-state index in [1.807, 2.05) is 37.3 Å². The second kappa shape index (κ2) is 8.47. The fraction of sp³-hybridized carbons (Fsp3) is 0.238. The standard InChI is InChI=1S/C21H22N4O3/c1-3-25(14-15-9-5-4-6-10-15)18(26)13-22-20(27)19-16-11-7-8-12-17(16)21(28)24(2)23-19/h4-12H,3,13-14H2,1-2H3,(H,22,27). The van der Waals surface area contributed by atoms with Gasteiger partial charge in [-0.3, -0.25) is 14.4 Å². The molecule has 28 heavy (non-hydrogen) atoms. The van der Waals surface area contributed by atoms with Crippen molar-refractivity contribution in [3.05, 3.63) is 76.2 Å². The van der Waals surface area contributed by atoms with E-state index in [1.54, 1.807) is 29.2 Å². The minimum absolute atomic E-state index is 0.122. The van der Waals surface area contributed by atoms with Crippen LogP contribution >= 0.6 is 0 Å². The number of aromatic nitrogens is 2. The van der Waals surface area contributed by atoms with E-state index in [2.05, 4.69) is 10.4 Å². The summed E-state index contributed by atoms with van der Waals surface area (Å²) in [6.45, 7) is 2.76. The molecule has 3 rings (SSSR count). The van der Waals surface area contributed by atoms with E-state index in [-0.39, 0.29) is 23.7 Å². The zero-order chi connectivity index (χ0) is 20.1. The Morgan fingerprint density at radius 2 is 1.68 bits per heavy atom. The van der Waals surface area contributed by atoms with Gasteiger partial charge in [0.15, 0.2) is 5.69 Å². The summed E-state index contributed by atoms with van der Waals surface area (Å²) in [5.41, 5.74) is 0.870. The lowest BCUT2D eigenvalue weighted by molar-refractivity contribution is -0.130. The average Bonchev–Trinajstić information content (AvgIpc) is 2.73. The fourth-order valence-corrected chi connectivity index (χ4v) is 3.00.